The predicted molar refractivity (Wildman–Crippen MR) is 108 cm³/mol. The SMILES string of the molecule is COC(=O)c1cccc(C)c1/C(=C\c1ccccc1)CC1CCCCC1. The quantitative estimate of drug-likeness (QED) is 0.468. The van der Waals surface area contributed by atoms with Crippen molar-refractivity contribution in [3.63, 3.8) is 0 Å². The van der Waals surface area contributed by atoms with Gasteiger partial charge in [-0.1, -0.05) is 80.6 Å². The summed E-state index contributed by atoms with van der Waals surface area (Å²) in [5.74, 6) is 0.440. The molecule has 0 amide bonds. The van der Waals surface area contributed by atoms with Gasteiger partial charge < -0.3 is 4.74 Å². The Morgan fingerprint density at radius 1 is 1.04 bits per heavy atom. The van der Waals surface area contributed by atoms with E-state index in [-0.39, 0.29) is 5.97 Å². The molecule has 0 spiro atoms. The molecule has 1 aliphatic rings. The molecule has 1 saturated carbocycles. The molecule has 2 heteroatoms. The second kappa shape index (κ2) is 8.84. The van der Waals surface area contributed by atoms with Crippen LogP contribution in [0.25, 0.3) is 11.6 Å². The zero-order valence-corrected chi connectivity index (χ0v) is 15.8. The number of hydrogen-bond acceptors (Lipinski definition) is 2. The fraction of sp³-hybridized carbons (Fsp3) is 0.375. The molecule has 2 nitrogen and oxygen atoms in total. The first kappa shape index (κ1) is 18.4. The number of carbonyl (C=O) groups excluding carboxylic acids is 1. The van der Waals surface area contributed by atoms with Crippen molar-refractivity contribution in [1.29, 1.82) is 0 Å². The molecule has 26 heavy (non-hydrogen) atoms. The Morgan fingerprint density at radius 2 is 1.77 bits per heavy atom. The topological polar surface area (TPSA) is 26.3 Å². The standard InChI is InChI=1S/C24H28O2/c1-18-10-9-15-22(24(25)26-2)23(18)21(16-19-11-5-3-6-12-19)17-20-13-7-4-8-14-20/h3,5-6,9-12,15-16,20H,4,7-8,13-14,17H2,1-2H3/b21-16-. The third kappa shape index (κ3) is 4.43. The molecular formula is C24H28O2. The number of esters is 1. The van der Waals surface area contributed by atoms with Gasteiger partial charge in [0.05, 0.1) is 12.7 Å². The molecule has 0 bridgehead atoms. The van der Waals surface area contributed by atoms with E-state index < -0.39 is 0 Å². The highest BCUT2D eigenvalue weighted by molar-refractivity contribution is 5.98. The van der Waals surface area contributed by atoms with E-state index in [1.807, 2.05) is 18.2 Å². The van der Waals surface area contributed by atoms with E-state index in [2.05, 4.69) is 43.3 Å². The first-order valence-electron chi connectivity index (χ1n) is 9.63. The van der Waals surface area contributed by atoms with Crippen LogP contribution in [-0.2, 0) is 4.74 Å². The average Bonchev–Trinajstić information content (AvgIpc) is 2.68. The Labute approximate surface area is 156 Å². The molecule has 0 N–H and O–H groups in total. The number of carbonyl (C=O) groups is 1. The molecule has 0 unspecified atom stereocenters. The Morgan fingerprint density at radius 3 is 2.46 bits per heavy atom. The van der Waals surface area contributed by atoms with Gasteiger partial charge in [0.2, 0.25) is 0 Å². The summed E-state index contributed by atoms with van der Waals surface area (Å²) in [7, 11) is 1.45. The first-order valence-corrected chi connectivity index (χ1v) is 9.63. The molecule has 0 aliphatic heterocycles. The molecule has 1 fully saturated rings. The minimum absolute atomic E-state index is 0.258. The number of aryl methyl sites for hydroxylation is 1. The molecule has 3 rings (SSSR count). The highest BCUT2D eigenvalue weighted by Gasteiger charge is 2.21. The van der Waals surface area contributed by atoms with Crippen molar-refractivity contribution in [2.24, 2.45) is 5.92 Å². The summed E-state index contributed by atoms with van der Waals surface area (Å²) in [6.45, 7) is 2.08. The number of hydrogen-bond donors (Lipinski definition) is 0. The van der Waals surface area contributed by atoms with Crippen molar-refractivity contribution in [2.75, 3.05) is 7.11 Å². The normalized spacial score (nSPS) is 15.7. The molecule has 2 aromatic carbocycles. The van der Waals surface area contributed by atoms with Crippen LogP contribution in [0.1, 0.15) is 65.6 Å². The number of ether oxygens (including phenoxy) is 1. The fourth-order valence-electron chi connectivity index (χ4n) is 4.06. The number of rotatable bonds is 5. The Balaban J connectivity index is 2.06. The summed E-state index contributed by atoms with van der Waals surface area (Å²) >= 11 is 0. The zero-order chi connectivity index (χ0) is 18.4. The van der Waals surface area contributed by atoms with Crippen LogP contribution in [0, 0.1) is 12.8 Å². The minimum atomic E-state index is -0.258. The van der Waals surface area contributed by atoms with Gasteiger partial charge in [0.15, 0.2) is 0 Å². The van der Waals surface area contributed by atoms with E-state index in [1.54, 1.807) is 0 Å². The second-order valence-electron chi connectivity index (χ2n) is 7.28. The molecule has 0 heterocycles. The summed E-state index contributed by atoms with van der Waals surface area (Å²) in [5, 5.41) is 0. The van der Waals surface area contributed by atoms with Gasteiger partial charge in [0.1, 0.15) is 0 Å². The summed E-state index contributed by atoms with van der Waals surface area (Å²) < 4.78 is 5.06. The van der Waals surface area contributed by atoms with Crippen molar-refractivity contribution >= 4 is 17.6 Å². The van der Waals surface area contributed by atoms with E-state index in [4.69, 9.17) is 4.74 Å². The van der Waals surface area contributed by atoms with Crippen molar-refractivity contribution in [3.05, 3.63) is 70.8 Å². The Kier molecular flexibility index (Phi) is 6.27. The lowest BCUT2D eigenvalue weighted by Gasteiger charge is -2.24. The van der Waals surface area contributed by atoms with Crippen molar-refractivity contribution in [1.82, 2.24) is 0 Å². The zero-order valence-electron chi connectivity index (χ0n) is 15.8. The maximum atomic E-state index is 12.4. The van der Waals surface area contributed by atoms with Crippen LogP contribution >= 0.6 is 0 Å². The van der Waals surface area contributed by atoms with Crippen LogP contribution in [0.2, 0.25) is 0 Å². The van der Waals surface area contributed by atoms with Gasteiger partial charge in [-0.15, -0.1) is 0 Å². The second-order valence-corrected chi connectivity index (χ2v) is 7.28. The van der Waals surface area contributed by atoms with Crippen LogP contribution in [-0.4, -0.2) is 13.1 Å². The summed E-state index contributed by atoms with van der Waals surface area (Å²) in [5.41, 5.74) is 5.28. The van der Waals surface area contributed by atoms with E-state index in [0.717, 1.165) is 17.5 Å². The first-order chi connectivity index (χ1) is 12.7. The van der Waals surface area contributed by atoms with Crippen LogP contribution in [0.4, 0.5) is 0 Å². The van der Waals surface area contributed by atoms with Gasteiger partial charge in [-0.25, -0.2) is 4.79 Å². The summed E-state index contributed by atoms with van der Waals surface area (Å²) in [4.78, 5) is 12.4. The van der Waals surface area contributed by atoms with E-state index >= 15 is 0 Å². The fourth-order valence-corrected chi connectivity index (χ4v) is 4.06. The Hall–Kier alpha value is -2.35. The van der Waals surface area contributed by atoms with Crippen LogP contribution in [0.5, 0.6) is 0 Å². The molecule has 1 aliphatic carbocycles. The molecule has 0 saturated heterocycles. The average molecular weight is 348 g/mol. The largest absolute Gasteiger partial charge is 0.465 e. The molecule has 0 radical (unpaired) electrons. The van der Waals surface area contributed by atoms with Crippen molar-refractivity contribution in [2.45, 2.75) is 45.4 Å². The number of allylic oxidation sites excluding steroid dienone is 1. The van der Waals surface area contributed by atoms with Crippen molar-refractivity contribution < 1.29 is 9.53 Å². The third-order valence-electron chi connectivity index (χ3n) is 5.37. The van der Waals surface area contributed by atoms with Gasteiger partial charge in [-0.2, -0.15) is 0 Å². The number of benzene rings is 2. The van der Waals surface area contributed by atoms with Crippen molar-refractivity contribution in [3.8, 4) is 0 Å². The van der Waals surface area contributed by atoms with Gasteiger partial charge in [0.25, 0.3) is 0 Å². The molecule has 136 valence electrons. The molecular weight excluding hydrogens is 320 g/mol. The smallest absolute Gasteiger partial charge is 0.338 e. The minimum Gasteiger partial charge on any atom is -0.465 e. The maximum absolute atomic E-state index is 12.4. The lowest BCUT2D eigenvalue weighted by atomic mass is 9.81. The Bertz CT molecular complexity index is 768. The highest BCUT2D eigenvalue weighted by atomic mass is 16.5. The predicted octanol–water partition coefficient (Wildman–Crippen LogP) is 6.29. The van der Waals surface area contributed by atoms with E-state index in [9.17, 15) is 4.79 Å². The van der Waals surface area contributed by atoms with E-state index in [0.29, 0.717) is 11.5 Å². The highest BCUT2D eigenvalue weighted by Crippen LogP contribution is 2.36. The lowest BCUT2D eigenvalue weighted by molar-refractivity contribution is 0.0600. The van der Waals surface area contributed by atoms with E-state index in [1.165, 1.54) is 50.4 Å². The summed E-state index contributed by atoms with van der Waals surface area (Å²) in [6.07, 6.45) is 9.83. The van der Waals surface area contributed by atoms with Crippen LogP contribution in [0.15, 0.2) is 48.5 Å². The van der Waals surface area contributed by atoms with Gasteiger partial charge in [-0.05, 0) is 47.6 Å². The molecule has 0 aromatic heterocycles. The monoisotopic (exact) mass is 348 g/mol. The van der Waals surface area contributed by atoms with Crippen LogP contribution < -0.4 is 0 Å². The lowest BCUT2D eigenvalue weighted by Crippen LogP contribution is -2.11. The molecule has 0 atom stereocenters. The van der Waals surface area contributed by atoms with Gasteiger partial charge in [-0.3, -0.25) is 0 Å². The third-order valence-corrected chi connectivity index (χ3v) is 5.37. The number of methoxy groups -OCH3 is 1. The maximum Gasteiger partial charge on any atom is 0.338 e. The van der Waals surface area contributed by atoms with Crippen LogP contribution in [0.3, 0.4) is 0 Å². The molecule has 2 aromatic rings. The van der Waals surface area contributed by atoms with Gasteiger partial charge in [0, 0.05) is 0 Å². The van der Waals surface area contributed by atoms with Gasteiger partial charge >= 0.3 is 5.97 Å². The summed E-state index contributed by atoms with van der Waals surface area (Å²) in [6, 6.07) is 16.3.